The molecule has 1 N–H and O–H groups in total. The van der Waals surface area contributed by atoms with Crippen molar-refractivity contribution in [3.05, 3.63) is 55.0 Å². The zero-order valence-electron chi connectivity index (χ0n) is 9.02. The molecule has 0 spiro atoms. The van der Waals surface area contributed by atoms with Crippen LogP contribution in [-0.4, -0.2) is 4.92 Å². The maximum atomic E-state index is 10.7. The summed E-state index contributed by atoms with van der Waals surface area (Å²) in [4.78, 5) is 10.2. The Balaban J connectivity index is 2.14. The van der Waals surface area contributed by atoms with Gasteiger partial charge in [0.05, 0.1) is 17.2 Å². The van der Waals surface area contributed by atoms with Crippen molar-refractivity contribution in [2.75, 3.05) is 5.32 Å². The second kappa shape index (κ2) is 5.57. The lowest BCUT2D eigenvalue weighted by atomic mass is 10.2. The third kappa shape index (κ3) is 2.94. The monoisotopic (exact) mass is 378 g/mol. The molecule has 0 bridgehead atoms. The van der Waals surface area contributed by atoms with Crippen molar-refractivity contribution < 1.29 is 9.34 Å². The van der Waals surface area contributed by atoms with Gasteiger partial charge in [0.15, 0.2) is 3.77 Å². The first-order valence-corrected chi connectivity index (χ1v) is 6.44. The van der Waals surface area contributed by atoms with Crippen LogP contribution in [-0.2, 0) is 6.54 Å². The highest BCUT2D eigenvalue weighted by atomic mass is 127. The Hall–Kier alpha value is -1.28. The fourth-order valence-corrected chi connectivity index (χ4v) is 2.15. The molecule has 0 aliphatic carbocycles. The summed E-state index contributed by atoms with van der Waals surface area (Å²) >= 11 is 8.00. The average Bonchev–Trinajstić information content (AvgIpc) is 2.73. The van der Waals surface area contributed by atoms with Gasteiger partial charge in [-0.05, 0) is 40.8 Å². The number of nitro groups is 1. The SMILES string of the molecule is O=[N+]([O-])c1cccc(NCc2ccc(I)o2)c1Cl. The highest BCUT2D eigenvalue weighted by molar-refractivity contribution is 14.1. The van der Waals surface area contributed by atoms with Crippen molar-refractivity contribution in [2.24, 2.45) is 0 Å². The summed E-state index contributed by atoms with van der Waals surface area (Å²) in [5.41, 5.74) is 0.396. The second-order valence-corrected chi connectivity index (χ2v) is 4.90. The van der Waals surface area contributed by atoms with E-state index in [0.717, 1.165) is 9.53 Å². The van der Waals surface area contributed by atoms with Gasteiger partial charge in [-0.3, -0.25) is 10.1 Å². The van der Waals surface area contributed by atoms with Gasteiger partial charge in [0.25, 0.3) is 5.69 Å². The third-order valence-electron chi connectivity index (χ3n) is 2.26. The van der Waals surface area contributed by atoms with Gasteiger partial charge in [0.1, 0.15) is 10.8 Å². The highest BCUT2D eigenvalue weighted by Gasteiger charge is 2.15. The molecular weight excluding hydrogens is 370 g/mol. The van der Waals surface area contributed by atoms with E-state index < -0.39 is 4.92 Å². The van der Waals surface area contributed by atoms with Gasteiger partial charge in [-0.2, -0.15) is 0 Å². The first kappa shape index (κ1) is 13.2. The van der Waals surface area contributed by atoms with E-state index in [0.29, 0.717) is 12.2 Å². The molecule has 0 amide bonds. The molecule has 5 nitrogen and oxygen atoms in total. The number of nitro benzene ring substituents is 1. The lowest BCUT2D eigenvalue weighted by Crippen LogP contribution is -2.00. The minimum atomic E-state index is -0.511. The number of halogens is 2. The van der Waals surface area contributed by atoms with Crippen LogP contribution in [0.2, 0.25) is 5.02 Å². The summed E-state index contributed by atoms with van der Waals surface area (Å²) < 4.78 is 6.16. The number of anilines is 1. The number of nitrogens with one attached hydrogen (secondary N) is 1. The first-order valence-electron chi connectivity index (χ1n) is 4.99. The highest BCUT2D eigenvalue weighted by Crippen LogP contribution is 2.31. The third-order valence-corrected chi connectivity index (χ3v) is 3.23. The maximum absolute atomic E-state index is 10.7. The van der Waals surface area contributed by atoms with Crippen LogP contribution < -0.4 is 5.32 Å². The number of benzene rings is 1. The second-order valence-electron chi connectivity index (χ2n) is 3.46. The molecule has 0 aliphatic rings. The topological polar surface area (TPSA) is 68.3 Å². The van der Waals surface area contributed by atoms with Gasteiger partial charge in [-0.1, -0.05) is 17.7 Å². The number of hydrogen-bond acceptors (Lipinski definition) is 4. The van der Waals surface area contributed by atoms with Crippen LogP contribution in [0.3, 0.4) is 0 Å². The fourth-order valence-electron chi connectivity index (χ4n) is 1.43. The smallest absolute Gasteiger partial charge is 0.289 e. The lowest BCUT2D eigenvalue weighted by Gasteiger charge is -2.06. The Morgan fingerprint density at radius 2 is 2.17 bits per heavy atom. The standard InChI is InChI=1S/C11H8ClIN2O3/c12-11-8(2-1-3-9(11)15(16)17)14-6-7-4-5-10(13)18-7/h1-5,14H,6H2. The van der Waals surface area contributed by atoms with E-state index in [1.54, 1.807) is 12.1 Å². The van der Waals surface area contributed by atoms with Crippen molar-refractivity contribution in [3.8, 4) is 0 Å². The molecule has 0 aliphatic heterocycles. The van der Waals surface area contributed by atoms with Crippen molar-refractivity contribution in [2.45, 2.75) is 6.54 Å². The first-order chi connectivity index (χ1) is 8.58. The van der Waals surface area contributed by atoms with E-state index >= 15 is 0 Å². The average molecular weight is 379 g/mol. The Labute approximate surface area is 121 Å². The van der Waals surface area contributed by atoms with Crippen LogP contribution in [0.25, 0.3) is 0 Å². The summed E-state index contributed by atoms with van der Waals surface area (Å²) in [6.45, 7) is 0.421. The molecule has 2 aromatic rings. The minimum absolute atomic E-state index is 0.101. The molecule has 94 valence electrons. The molecule has 0 fully saturated rings. The quantitative estimate of drug-likeness (QED) is 0.495. The number of hydrogen-bond donors (Lipinski definition) is 1. The van der Waals surface area contributed by atoms with Crippen molar-refractivity contribution >= 4 is 45.6 Å². The van der Waals surface area contributed by atoms with Gasteiger partial charge in [-0.25, -0.2) is 0 Å². The van der Waals surface area contributed by atoms with Crippen molar-refractivity contribution in [1.29, 1.82) is 0 Å². The van der Waals surface area contributed by atoms with Crippen molar-refractivity contribution in [3.63, 3.8) is 0 Å². The number of nitrogens with zero attached hydrogens (tertiary/aromatic N) is 1. The molecule has 0 saturated heterocycles. The van der Waals surface area contributed by atoms with E-state index in [9.17, 15) is 10.1 Å². The molecule has 0 saturated carbocycles. The largest absolute Gasteiger partial charge is 0.454 e. The summed E-state index contributed by atoms with van der Waals surface area (Å²) in [5, 5.41) is 13.8. The summed E-state index contributed by atoms with van der Waals surface area (Å²) in [5.74, 6) is 0.738. The van der Waals surface area contributed by atoms with Gasteiger partial charge >= 0.3 is 0 Å². The van der Waals surface area contributed by atoms with Gasteiger partial charge < -0.3 is 9.73 Å². The van der Waals surface area contributed by atoms with E-state index in [1.807, 2.05) is 12.1 Å². The number of rotatable bonds is 4. The molecule has 0 radical (unpaired) electrons. The maximum Gasteiger partial charge on any atom is 0.289 e. The molecule has 18 heavy (non-hydrogen) atoms. The summed E-state index contributed by atoms with van der Waals surface area (Å²) in [7, 11) is 0. The summed E-state index contributed by atoms with van der Waals surface area (Å²) in [6, 6.07) is 8.30. The van der Waals surface area contributed by atoms with E-state index in [-0.39, 0.29) is 10.7 Å². The molecule has 7 heteroatoms. The molecule has 1 aromatic heterocycles. The van der Waals surface area contributed by atoms with E-state index in [2.05, 4.69) is 27.9 Å². The van der Waals surface area contributed by atoms with Gasteiger partial charge in [-0.15, -0.1) is 0 Å². The molecular formula is C11H8ClIN2O3. The minimum Gasteiger partial charge on any atom is -0.454 e. The molecule has 1 heterocycles. The predicted octanol–water partition coefficient (Wildman–Crippen LogP) is 4.06. The zero-order chi connectivity index (χ0) is 13.1. The Morgan fingerprint density at radius 3 is 2.78 bits per heavy atom. The van der Waals surface area contributed by atoms with Crippen LogP contribution in [0.4, 0.5) is 11.4 Å². The Kier molecular flexibility index (Phi) is 4.07. The van der Waals surface area contributed by atoms with Crippen LogP contribution in [0.15, 0.2) is 34.7 Å². The van der Waals surface area contributed by atoms with Gasteiger partial charge in [0, 0.05) is 6.07 Å². The fraction of sp³-hybridized carbons (Fsp3) is 0.0909. The van der Waals surface area contributed by atoms with Gasteiger partial charge in [0.2, 0.25) is 0 Å². The number of furan rings is 1. The molecule has 1 aromatic carbocycles. The Morgan fingerprint density at radius 1 is 1.39 bits per heavy atom. The summed E-state index contributed by atoms with van der Waals surface area (Å²) in [6.07, 6.45) is 0. The Bertz CT molecular complexity index is 585. The predicted molar refractivity (Wildman–Crippen MR) is 76.9 cm³/mol. The molecule has 0 unspecified atom stereocenters. The van der Waals surface area contributed by atoms with E-state index in [1.165, 1.54) is 6.07 Å². The lowest BCUT2D eigenvalue weighted by molar-refractivity contribution is -0.384. The van der Waals surface area contributed by atoms with Crippen LogP contribution >= 0.6 is 34.2 Å². The molecule has 2 rings (SSSR count). The van der Waals surface area contributed by atoms with Crippen LogP contribution in [0, 0.1) is 13.9 Å². The zero-order valence-corrected chi connectivity index (χ0v) is 11.9. The normalized spacial score (nSPS) is 10.3. The molecule has 0 atom stereocenters. The van der Waals surface area contributed by atoms with E-state index in [4.69, 9.17) is 16.0 Å². The van der Waals surface area contributed by atoms with Crippen molar-refractivity contribution in [1.82, 2.24) is 0 Å². The van der Waals surface area contributed by atoms with Crippen LogP contribution in [0.1, 0.15) is 5.76 Å². The van der Waals surface area contributed by atoms with Crippen LogP contribution in [0.5, 0.6) is 0 Å².